The van der Waals surface area contributed by atoms with Gasteiger partial charge in [0.2, 0.25) is 0 Å². The zero-order valence-corrected chi connectivity index (χ0v) is 11.1. The number of benzene rings is 1. The van der Waals surface area contributed by atoms with Crippen LogP contribution in [0.2, 0.25) is 0 Å². The van der Waals surface area contributed by atoms with Gasteiger partial charge in [0.1, 0.15) is 5.82 Å². The van der Waals surface area contributed by atoms with Crippen molar-refractivity contribution in [1.82, 2.24) is 4.90 Å². The van der Waals surface area contributed by atoms with E-state index in [1.54, 1.807) is 17.9 Å². The zero-order chi connectivity index (χ0) is 12.6. The second-order valence-electron chi connectivity index (χ2n) is 4.36. The highest BCUT2D eigenvalue weighted by Gasteiger charge is 2.25. The lowest BCUT2D eigenvalue weighted by Crippen LogP contribution is -2.32. The molecule has 1 fully saturated rings. The summed E-state index contributed by atoms with van der Waals surface area (Å²) in [4.78, 5) is 13.8. The van der Waals surface area contributed by atoms with Gasteiger partial charge in [-0.2, -0.15) is 0 Å². The summed E-state index contributed by atoms with van der Waals surface area (Å²) in [5.41, 5.74) is 6.63. The monoisotopic (exact) mass is 300 g/mol. The van der Waals surface area contributed by atoms with E-state index in [0.29, 0.717) is 28.7 Å². The standard InChI is InChI=1S/C12H14BrFN2O/c1-7-10(13)4-8(5-11(7)14)12(17)16-3-2-9(15)6-16/h4-5,9H,2-3,6,15H2,1H3. The number of rotatable bonds is 1. The second-order valence-corrected chi connectivity index (χ2v) is 5.22. The van der Waals surface area contributed by atoms with Crippen molar-refractivity contribution in [3.8, 4) is 0 Å². The highest BCUT2D eigenvalue weighted by Crippen LogP contribution is 2.23. The SMILES string of the molecule is Cc1c(F)cc(C(=O)N2CCC(N)C2)cc1Br. The summed E-state index contributed by atoms with van der Waals surface area (Å²) >= 11 is 3.25. The molecule has 1 amide bonds. The maximum atomic E-state index is 13.5. The van der Waals surface area contributed by atoms with E-state index in [-0.39, 0.29) is 17.8 Å². The van der Waals surface area contributed by atoms with E-state index in [4.69, 9.17) is 5.73 Å². The van der Waals surface area contributed by atoms with E-state index in [0.717, 1.165) is 6.42 Å². The molecule has 1 unspecified atom stereocenters. The van der Waals surface area contributed by atoms with Crippen LogP contribution in [0, 0.1) is 12.7 Å². The number of halogens is 2. The van der Waals surface area contributed by atoms with Crippen LogP contribution in [-0.4, -0.2) is 29.9 Å². The van der Waals surface area contributed by atoms with E-state index in [9.17, 15) is 9.18 Å². The van der Waals surface area contributed by atoms with E-state index in [1.807, 2.05) is 0 Å². The molecular formula is C12H14BrFN2O. The summed E-state index contributed by atoms with van der Waals surface area (Å²) in [5.74, 6) is -0.524. The smallest absolute Gasteiger partial charge is 0.254 e. The Morgan fingerprint density at radius 2 is 2.29 bits per heavy atom. The minimum atomic E-state index is -0.369. The molecule has 0 bridgehead atoms. The molecule has 2 N–H and O–H groups in total. The van der Waals surface area contributed by atoms with Crippen LogP contribution in [0.3, 0.4) is 0 Å². The fourth-order valence-corrected chi connectivity index (χ4v) is 2.36. The van der Waals surface area contributed by atoms with Crippen molar-refractivity contribution in [2.24, 2.45) is 5.73 Å². The Hall–Kier alpha value is -0.940. The molecule has 1 aromatic rings. The number of amides is 1. The number of nitrogens with zero attached hydrogens (tertiary/aromatic N) is 1. The van der Waals surface area contributed by atoms with Crippen molar-refractivity contribution in [2.45, 2.75) is 19.4 Å². The molecule has 0 spiro atoms. The number of hydrogen-bond donors (Lipinski definition) is 1. The van der Waals surface area contributed by atoms with Gasteiger partial charge in [-0.25, -0.2) is 4.39 Å². The summed E-state index contributed by atoms with van der Waals surface area (Å²) in [7, 11) is 0. The molecule has 5 heteroatoms. The molecule has 1 saturated heterocycles. The van der Waals surface area contributed by atoms with Crippen molar-refractivity contribution in [2.75, 3.05) is 13.1 Å². The van der Waals surface area contributed by atoms with Crippen molar-refractivity contribution in [3.05, 3.63) is 33.5 Å². The third kappa shape index (κ3) is 2.50. The summed E-state index contributed by atoms with van der Waals surface area (Å²) in [6.07, 6.45) is 0.807. The molecule has 0 aromatic heterocycles. The lowest BCUT2D eigenvalue weighted by Gasteiger charge is -2.16. The Labute approximate surface area is 108 Å². The molecule has 17 heavy (non-hydrogen) atoms. The van der Waals surface area contributed by atoms with Crippen LogP contribution in [0.25, 0.3) is 0 Å². The van der Waals surface area contributed by atoms with Crippen LogP contribution in [0.5, 0.6) is 0 Å². The van der Waals surface area contributed by atoms with Gasteiger partial charge in [-0.15, -0.1) is 0 Å². The van der Waals surface area contributed by atoms with Crippen molar-refractivity contribution in [3.63, 3.8) is 0 Å². The van der Waals surface area contributed by atoms with Crippen LogP contribution >= 0.6 is 15.9 Å². The van der Waals surface area contributed by atoms with Gasteiger partial charge in [-0.3, -0.25) is 4.79 Å². The lowest BCUT2D eigenvalue weighted by molar-refractivity contribution is 0.0790. The molecule has 0 saturated carbocycles. The van der Waals surface area contributed by atoms with Gasteiger partial charge in [-0.05, 0) is 31.0 Å². The summed E-state index contributed by atoms with van der Waals surface area (Å²) in [6.45, 7) is 2.86. The van der Waals surface area contributed by atoms with Gasteiger partial charge >= 0.3 is 0 Å². The molecule has 1 aromatic carbocycles. The summed E-state index contributed by atoms with van der Waals surface area (Å²) < 4.78 is 14.2. The summed E-state index contributed by atoms with van der Waals surface area (Å²) in [5, 5.41) is 0. The van der Waals surface area contributed by atoms with Crippen molar-refractivity contribution >= 4 is 21.8 Å². The average molecular weight is 301 g/mol. The topological polar surface area (TPSA) is 46.3 Å². The van der Waals surface area contributed by atoms with Crippen molar-refractivity contribution in [1.29, 1.82) is 0 Å². The normalized spacial score (nSPS) is 19.8. The predicted molar refractivity (Wildman–Crippen MR) is 67.3 cm³/mol. The van der Waals surface area contributed by atoms with Gasteiger partial charge in [0, 0.05) is 29.2 Å². The number of nitrogens with two attached hydrogens (primary N) is 1. The van der Waals surface area contributed by atoms with Crippen LogP contribution in [0.4, 0.5) is 4.39 Å². The molecule has 2 rings (SSSR count). The van der Waals surface area contributed by atoms with Crippen LogP contribution in [-0.2, 0) is 0 Å². The van der Waals surface area contributed by atoms with Gasteiger partial charge < -0.3 is 10.6 Å². The molecule has 1 aliphatic heterocycles. The fraction of sp³-hybridized carbons (Fsp3) is 0.417. The Morgan fingerprint density at radius 3 is 2.82 bits per heavy atom. The minimum Gasteiger partial charge on any atom is -0.337 e. The largest absolute Gasteiger partial charge is 0.337 e. The molecule has 3 nitrogen and oxygen atoms in total. The van der Waals surface area contributed by atoms with E-state index >= 15 is 0 Å². The Kier molecular flexibility index (Phi) is 3.49. The highest BCUT2D eigenvalue weighted by molar-refractivity contribution is 9.10. The number of carbonyl (C=O) groups excluding carboxylic acids is 1. The minimum absolute atomic E-state index is 0.0395. The van der Waals surface area contributed by atoms with E-state index in [2.05, 4.69) is 15.9 Å². The highest BCUT2D eigenvalue weighted by atomic mass is 79.9. The second kappa shape index (κ2) is 4.74. The summed E-state index contributed by atoms with van der Waals surface area (Å²) in [6, 6.07) is 2.98. The quantitative estimate of drug-likeness (QED) is 0.863. The third-order valence-corrected chi connectivity index (χ3v) is 3.86. The lowest BCUT2D eigenvalue weighted by atomic mass is 10.1. The first kappa shape index (κ1) is 12.5. The van der Waals surface area contributed by atoms with Crippen LogP contribution in [0.15, 0.2) is 16.6 Å². The number of hydrogen-bond acceptors (Lipinski definition) is 2. The Bertz CT molecular complexity index is 441. The molecule has 0 aliphatic carbocycles. The van der Waals surface area contributed by atoms with Crippen LogP contribution in [0.1, 0.15) is 22.3 Å². The average Bonchev–Trinajstić information content (AvgIpc) is 2.71. The van der Waals surface area contributed by atoms with Gasteiger partial charge in [0.05, 0.1) is 0 Å². The predicted octanol–water partition coefficient (Wildman–Crippen LogP) is 2.07. The maximum absolute atomic E-state index is 13.5. The van der Waals surface area contributed by atoms with Crippen LogP contribution < -0.4 is 5.73 Å². The molecule has 0 radical (unpaired) electrons. The van der Waals surface area contributed by atoms with Crippen molar-refractivity contribution < 1.29 is 9.18 Å². The molecule has 1 aliphatic rings. The molecular weight excluding hydrogens is 287 g/mol. The Morgan fingerprint density at radius 1 is 1.59 bits per heavy atom. The molecule has 1 atom stereocenters. The Balaban J connectivity index is 2.25. The first-order valence-corrected chi connectivity index (χ1v) is 6.29. The number of likely N-dealkylation sites (tertiary alicyclic amines) is 1. The molecule has 1 heterocycles. The first-order chi connectivity index (χ1) is 7.99. The third-order valence-electron chi connectivity index (χ3n) is 3.04. The number of carbonyl (C=O) groups is 1. The van der Waals surface area contributed by atoms with Gasteiger partial charge in [-0.1, -0.05) is 15.9 Å². The fourth-order valence-electron chi connectivity index (χ4n) is 1.92. The first-order valence-electron chi connectivity index (χ1n) is 5.49. The zero-order valence-electron chi connectivity index (χ0n) is 9.54. The maximum Gasteiger partial charge on any atom is 0.254 e. The van der Waals surface area contributed by atoms with E-state index < -0.39 is 0 Å². The van der Waals surface area contributed by atoms with Gasteiger partial charge in [0.25, 0.3) is 5.91 Å². The molecule has 92 valence electrons. The van der Waals surface area contributed by atoms with E-state index in [1.165, 1.54) is 6.07 Å². The van der Waals surface area contributed by atoms with Gasteiger partial charge in [0.15, 0.2) is 0 Å².